The molecule has 4 nitrogen and oxygen atoms in total. The minimum Gasteiger partial charge on any atom is -0.341 e. The van der Waals surface area contributed by atoms with E-state index in [1.807, 2.05) is 0 Å². The predicted molar refractivity (Wildman–Crippen MR) is 92.6 cm³/mol. The summed E-state index contributed by atoms with van der Waals surface area (Å²) in [6.45, 7) is 0.664. The van der Waals surface area contributed by atoms with Crippen LogP contribution in [0, 0.1) is 23.4 Å². The first-order valence-corrected chi connectivity index (χ1v) is 8.59. The van der Waals surface area contributed by atoms with Crippen LogP contribution >= 0.6 is 12.4 Å². The summed E-state index contributed by atoms with van der Waals surface area (Å²) in [4.78, 5) is 26.6. The molecule has 144 valence electrons. The monoisotopic (exact) mass is 390 g/mol. The van der Waals surface area contributed by atoms with E-state index in [-0.39, 0.29) is 18.3 Å². The number of ketones is 1. The maximum atomic E-state index is 13.8. The van der Waals surface area contributed by atoms with Crippen LogP contribution in [0.4, 0.5) is 13.2 Å². The number of nitrogens with two attached hydrogens (primary N) is 1. The Bertz CT molecular complexity index is 677. The van der Waals surface area contributed by atoms with Crippen molar-refractivity contribution in [1.29, 1.82) is 0 Å². The van der Waals surface area contributed by atoms with Gasteiger partial charge in [0, 0.05) is 31.1 Å². The Hall–Kier alpha value is -1.60. The molecule has 1 aromatic rings. The first kappa shape index (κ1) is 20.7. The summed E-state index contributed by atoms with van der Waals surface area (Å²) in [6, 6.07) is 1.01. The van der Waals surface area contributed by atoms with Gasteiger partial charge in [-0.05, 0) is 25.7 Å². The second-order valence-electron chi connectivity index (χ2n) is 7.04. The van der Waals surface area contributed by atoms with E-state index >= 15 is 0 Å². The lowest BCUT2D eigenvalue weighted by Gasteiger charge is -2.36. The molecule has 0 atom stereocenters. The number of nitrogens with zero attached hydrogens (tertiary/aromatic N) is 1. The van der Waals surface area contributed by atoms with Gasteiger partial charge in [-0.3, -0.25) is 9.59 Å². The van der Waals surface area contributed by atoms with E-state index in [0.717, 1.165) is 12.8 Å². The van der Waals surface area contributed by atoms with Crippen LogP contribution in [-0.2, 0) is 4.79 Å². The fourth-order valence-electron chi connectivity index (χ4n) is 3.86. The van der Waals surface area contributed by atoms with Gasteiger partial charge in [-0.15, -0.1) is 12.4 Å². The number of amides is 1. The molecule has 1 aliphatic carbocycles. The lowest BCUT2D eigenvalue weighted by Crippen LogP contribution is -2.55. The van der Waals surface area contributed by atoms with E-state index in [1.165, 1.54) is 0 Å². The number of carbonyl (C=O) groups is 2. The molecule has 3 rings (SSSR count). The van der Waals surface area contributed by atoms with Crippen LogP contribution in [0.15, 0.2) is 12.1 Å². The SMILES string of the molecule is Cl.NC1(C(=O)N2CCC(C(=O)c3c(F)cc(F)cc3F)CC2)CCCC1. The van der Waals surface area contributed by atoms with Crippen molar-refractivity contribution in [3.63, 3.8) is 0 Å². The molecule has 26 heavy (non-hydrogen) atoms. The number of hydrogen-bond acceptors (Lipinski definition) is 3. The molecule has 0 unspecified atom stereocenters. The van der Waals surface area contributed by atoms with Crippen LogP contribution in [-0.4, -0.2) is 35.2 Å². The lowest BCUT2D eigenvalue weighted by atomic mass is 9.87. The summed E-state index contributed by atoms with van der Waals surface area (Å²) in [5.74, 6) is -4.80. The van der Waals surface area contributed by atoms with Crippen molar-refractivity contribution in [2.45, 2.75) is 44.1 Å². The normalized spacial score (nSPS) is 19.9. The minimum absolute atomic E-state index is 0. The molecule has 0 radical (unpaired) electrons. The molecule has 2 fully saturated rings. The van der Waals surface area contributed by atoms with Crippen molar-refractivity contribution < 1.29 is 22.8 Å². The Balaban J connectivity index is 0.00000243. The summed E-state index contributed by atoms with van der Waals surface area (Å²) in [6.07, 6.45) is 3.82. The van der Waals surface area contributed by atoms with Gasteiger partial charge in [0.1, 0.15) is 17.5 Å². The number of carbonyl (C=O) groups excluding carboxylic acids is 2. The third kappa shape index (κ3) is 3.88. The summed E-state index contributed by atoms with van der Waals surface area (Å²) in [5.41, 5.74) is 4.67. The van der Waals surface area contributed by atoms with Crippen molar-refractivity contribution in [2.75, 3.05) is 13.1 Å². The summed E-state index contributed by atoms with van der Waals surface area (Å²) >= 11 is 0. The molecule has 0 spiro atoms. The highest BCUT2D eigenvalue weighted by Gasteiger charge is 2.41. The van der Waals surface area contributed by atoms with Gasteiger partial charge in [-0.25, -0.2) is 13.2 Å². The lowest BCUT2D eigenvalue weighted by molar-refractivity contribution is -0.138. The van der Waals surface area contributed by atoms with Gasteiger partial charge in [0.2, 0.25) is 5.91 Å². The van der Waals surface area contributed by atoms with Crippen molar-refractivity contribution in [1.82, 2.24) is 4.90 Å². The zero-order valence-electron chi connectivity index (χ0n) is 14.3. The number of Topliss-reactive ketones (excluding diaryl/α,β-unsaturated/α-hetero) is 1. The molecular weight excluding hydrogens is 369 g/mol. The van der Waals surface area contributed by atoms with E-state index in [2.05, 4.69) is 0 Å². The molecule has 1 saturated heterocycles. The van der Waals surface area contributed by atoms with Crippen LogP contribution in [0.3, 0.4) is 0 Å². The Morgan fingerprint density at radius 1 is 1.04 bits per heavy atom. The van der Waals surface area contributed by atoms with Crippen LogP contribution in [0.2, 0.25) is 0 Å². The molecule has 1 aliphatic heterocycles. The molecule has 1 heterocycles. The van der Waals surface area contributed by atoms with E-state index in [1.54, 1.807) is 4.90 Å². The predicted octanol–water partition coefficient (Wildman–Crippen LogP) is 3.22. The second kappa shape index (κ2) is 7.96. The van der Waals surface area contributed by atoms with Crippen LogP contribution in [0.1, 0.15) is 48.9 Å². The van der Waals surface area contributed by atoms with Gasteiger partial charge in [-0.2, -0.15) is 0 Å². The number of halogens is 4. The molecule has 2 N–H and O–H groups in total. The smallest absolute Gasteiger partial charge is 0.242 e. The molecule has 1 aromatic carbocycles. The van der Waals surface area contributed by atoms with E-state index in [9.17, 15) is 22.8 Å². The molecular formula is C18H22ClF3N2O2. The van der Waals surface area contributed by atoms with Crippen molar-refractivity contribution in [3.8, 4) is 0 Å². The number of hydrogen-bond donors (Lipinski definition) is 1. The topological polar surface area (TPSA) is 63.4 Å². The van der Waals surface area contributed by atoms with Crippen LogP contribution < -0.4 is 5.73 Å². The van der Waals surface area contributed by atoms with Crippen molar-refractivity contribution >= 4 is 24.1 Å². The molecule has 0 bridgehead atoms. The van der Waals surface area contributed by atoms with Gasteiger partial charge in [0.25, 0.3) is 0 Å². The molecule has 8 heteroatoms. The van der Waals surface area contributed by atoms with Crippen molar-refractivity contribution in [2.24, 2.45) is 11.7 Å². The highest BCUT2D eigenvalue weighted by molar-refractivity contribution is 5.98. The average molecular weight is 391 g/mol. The Kier molecular flexibility index (Phi) is 6.34. The largest absolute Gasteiger partial charge is 0.341 e. The van der Waals surface area contributed by atoms with E-state index in [0.29, 0.717) is 50.9 Å². The standard InChI is InChI=1S/C18H21F3N2O2.ClH/c19-12-9-13(20)15(14(21)10-12)16(24)11-3-7-23(8-4-11)17(25)18(22)5-1-2-6-18;/h9-11H,1-8,22H2;1H. The number of benzene rings is 1. The summed E-state index contributed by atoms with van der Waals surface area (Å²) in [5, 5.41) is 0. The van der Waals surface area contributed by atoms with Gasteiger partial charge < -0.3 is 10.6 Å². The minimum atomic E-state index is -1.19. The van der Waals surface area contributed by atoms with Gasteiger partial charge in [-0.1, -0.05) is 12.8 Å². The number of likely N-dealkylation sites (tertiary alicyclic amines) is 1. The van der Waals surface area contributed by atoms with Gasteiger partial charge >= 0.3 is 0 Å². The Morgan fingerprint density at radius 3 is 2.04 bits per heavy atom. The Morgan fingerprint density at radius 2 is 1.54 bits per heavy atom. The quantitative estimate of drug-likeness (QED) is 0.806. The van der Waals surface area contributed by atoms with E-state index < -0.39 is 40.3 Å². The molecule has 1 saturated carbocycles. The summed E-state index contributed by atoms with van der Waals surface area (Å²) in [7, 11) is 0. The fourth-order valence-corrected chi connectivity index (χ4v) is 3.86. The highest BCUT2D eigenvalue weighted by atomic mass is 35.5. The highest BCUT2D eigenvalue weighted by Crippen LogP contribution is 2.31. The zero-order chi connectivity index (χ0) is 18.2. The molecule has 0 aromatic heterocycles. The summed E-state index contributed by atoms with van der Waals surface area (Å²) < 4.78 is 40.6. The Labute approximate surface area is 156 Å². The van der Waals surface area contributed by atoms with Crippen molar-refractivity contribution in [3.05, 3.63) is 35.1 Å². The third-order valence-electron chi connectivity index (χ3n) is 5.33. The van der Waals surface area contributed by atoms with Gasteiger partial charge in [0.15, 0.2) is 5.78 Å². The first-order valence-electron chi connectivity index (χ1n) is 8.59. The third-order valence-corrected chi connectivity index (χ3v) is 5.33. The molecule has 1 amide bonds. The second-order valence-corrected chi connectivity index (χ2v) is 7.04. The zero-order valence-corrected chi connectivity index (χ0v) is 15.1. The fraction of sp³-hybridized carbons (Fsp3) is 0.556. The average Bonchev–Trinajstić information content (AvgIpc) is 3.01. The van der Waals surface area contributed by atoms with Crippen LogP contribution in [0.25, 0.3) is 0 Å². The maximum absolute atomic E-state index is 13.8. The van der Waals surface area contributed by atoms with Gasteiger partial charge in [0.05, 0.1) is 11.1 Å². The van der Waals surface area contributed by atoms with E-state index in [4.69, 9.17) is 5.73 Å². The maximum Gasteiger partial charge on any atom is 0.242 e. The van der Waals surface area contributed by atoms with Crippen LogP contribution in [0.5, 0.6) is 0 Å². The number of rotatable bonds is 3. The number of piperidine rings is 1. The first-order chi connectivity index (χ1) is 11.8. The molecule has 2 aliphatic rings.